The van der Waals surface area contributed by atoms with E-state index in [9.17, 15) is 4.39 Å². The maximum absolute atomic E-state index is 13.6. The highest BCUT2D eigenvalue weighted by molar-refractivity contribution is 5.37. The van der Waals surface area contributed by atoms with Crippen LogP contribution in [0.1, 0.15) is 45.7 Å². The normalized spacial score (nSPS) is 13.6. The first-order valence-electron chi connectivity index (χ1n) is 5.60. The van der Waals surface area contributed by atoms with E-state index in [0.717, 1.165) is 6.42 Å². The molecule has 16 heavy (non-hydrogen) atoms. The van der Waals surface area contributed by atoms with Crippen molar-refractivity contribution in [1.29, 1.82) is 0 Å². The molecule has 0 heterocycles. The van der Waals surface area contributed by atoms with Gasteiger partial charge in [-0.15, -0.1) is 0 Å². The fourth-order valence-corrected chi connectivity index (χ4v) is 1.42. The molecule has 0 aliphatic heterocycles. The number of rotatable bonds is 4. The summed E-state index contributed by atoms with van der Waals surface area (Å²) in [4.78, 5) is 0. The van der Waals surface area contributed by atoms with Gasteiger partial charge in [-0.3, -0.25) is 0 Å². The molecule has 90 valence electrons. The molecule has 2 nitrogen and oxygen atoms in total. The van der Waals surface area contributed by atoms with Crippen LogP contribution in [0.3, 0.4) is 0 Å². The Balaban J connectivity index is 3.09. The van der Waals surface area contributed by atoms with Crippen LogP contribution in [0.15, 0.2) is 18.2 Å². The van der Waals surface area contributed by atoms with Crippen molar-refractivity contribution in [3.63, 3.8) is 0 Å². The van der Waals surface area contributed by atoms with Crippen LogP contribution < -0.4 is 10.5 Å². The van der Waals surface area contributed by atoms with Crippen LogP contribution in [-0.2, 0) is 0 Å². The molecule has 0 bridgehead atoms. The molecule has 0 aliphatic carbocycles. The van der Waals surface area contributed by atoms with Crippen LogP contribution in [0.2, 0.25) is 0 Å². The zero-order chi connectivity index (χ0) is 12.3. The average molecular weight is 225 g/mol. The molecule has 0 fully saturated rings. The number of nitrogens with two attached hydrogens (primary N) is 1. The van der Waals surface area contributed by atoms with Gasteiger partial charge >= 0.3 is 0 Å². The number of hydrogen-bond acceptors (Lipinski definition) is 2. The SMILES string of the molecule is CCC(C)(C)Oc1cccc(F)c1C(C)N. The molecule has 0 saturated heterocycles. The smallest absolute Gasteiger partial charge is 0.131 e. The highest BCUT2D eigenvalue weighted by atomic mass is 19.1. The lowest BCUT2D eigenvalue weighted by Gasteiger charge is -2.27. The van der Waals surface area contributed by atoms with Gasteiger partial charge in [0.25, 0.3) is 0 Å². The number of halogens is 1. The first-order valence-corrected chi connectivity index (χ1v) is 5.60. The van der Waals surface area contributed by atoms with Crippen LogP contribution in [0.4, 0.5) is 4.39 Å². The Morgan fingerprint density at radius 2 is 2.06 bits per heavy atom. The van der Waals surface area contributed by atoms with E-state index in [2.05, 4.69) is 0 Å². The van der Waals surface area contributed by atoms with Gasteiger partial charge in [0, 0.05) is 11.6 Å². The highest BCUT2D eigenvalue weighted by Gasteiger charge is 2.21. The fourth-order valence-electron chi connectivity index (χ4n) is 1.42. The maximum Gasteiger partial charge on any atom is 0.131 e. The van der Waals surface area contributed by atoms with E-state index >= 15 is 0 Å². The lowest BCUT2D eigenvalue weighted by atomic mass is 10.0. The first-order chi connectivity index (χ1) is 7.37. The Bertz CT molecular complexity index is 361. The molecule has 1 rings (SSSR count). The van der Waals surface area contributed by atoms with E-state index in [1.54, 1.807) is 19.1 Å². The van der Waals surface area contributed by atoms with Crippen molar-refractivity contribution in [2.24, 2.45) is 5.73 Å². The molecule has 0 saturated carbocycles. The summed E-state index contributed by atoms with van der Waals surface area (Å²) in [7, 11) is 0. The summed E-state index contributed by atoms with van der Waals surface area (Å²) in [5, 5.41) is 0. The second-order valence-electron chi connectivity index (χ2n) is 4.66. The van der Waals surface area contributed by atoms with Gasteiger partial charge in [0.15, 0.2) is 0 Å². The molecule has 0 aliphatic rings. The lowest BCUT2D eigenvalue weighted by Crippen LogP contribution is -2.28. The first kappa shape index (κ1) is 13.0. The number of hydrogen-bond donors (Lipinski definition) is 1. The van der Waals surface area contributed by atoms with E-state index < -0.39 is 0 Å². The number of ether oxygens (including phenoxy) is 1. The van der Waals surface area contributed by atoms with Crippen LogP contribution in [0.5, 0.6) is 5.75 Å². The lowest BCUT2D eigenvalue weighted by molar-refractivity contribution is 0.103. The minimum Gasteiger partial charge on any atom is -0.487 e. The van der Waals surface area contributed by atoms with Gasteiger partial charge in [0.05, 0.1) is 0 Å². The summed E-state index contributed by atoms with van der Waals surface area (Å²) < 4.78 is 19.4. The Morgan fingerprint density at radius 3 is 2.56 bits per heavy atom. The van der Waals surface area contributed by atoms with Gasteiger partial charge in [-0.25, -0.2) is 4.39 Å². The van der Waals surface area contributed by atoms with Gasteiger partial charge in [-0.05, 0) is 39.3 Å². The Kier molecular flexibility index (Phi) is 3.92. The fraction of sp³-hybridized carbons (Fsp3) is 0.538. The summed E-state index contributed by atoms with van der Waals surface area (Å²) >= 11 is 0. The maximum atomic E-state index is 13.6. The van der Waals surface area contributed by atoms with Gasteiger partial charge < -0.3 is 10.5 Å². The molecule has 0 radical (unpaired) electrons. The summed E-state index contributed by atoms with van der Waals surface area (Å²) in [5.74, 6) is 0.237. The molecule has 1 atom stereocenters. The minimum absolute atomic E-state index is 0.306. The monoisotopic (exact) mass is 225 g/mol. The Morgan fingerprint density at radius 1 is 1.44 bits per heavy atom. The zero-order valence-corrected chi connectivity index (χ0v) is 10.4. The van der Waals surface area contributed by atoms with Crippen molar-refractivity contribution in [2.45, 2.75) is 45.8 Å². The Labute approximate surface area is 96.6 Å². The van der Waals surface area contributed by atoms with E-state index in [1.807, 2.05) is 20.8 Å². The largest absolute Gasteiger partial charge is 0.487 e. The van der Waals surface area contributed by atoms with Gasteiger partial charge in [0.1, 0.15) is 17.2 Å². The summed E-state index contributed by atoms with van der Waals surface area (Å²) in [6.07, 6.45) is 0.849. The van der Waals surface area contributed by atoms with E-state index in [0.29, 0.717) is 11.3 Å². The van der Waals surface area contributed by atoms with Crippen LogP contribution >= 0.6 is 0 Å². The topological polar surface area (TPSA) is 35.2 Å². The third-order valence-electron chi connectivity index (χ3n) is 2.71. The minimum atomic E-state index is -0.371. The highest BCUT2D eigenvalue weighted by Crippen LogP contribution is 2.30. The third kappa shape index (κ3) is 2.95. The molecule has 1 unspecified atom stereocenters. The van der Waals surface area contributed by atoms with Gasteiger partial charge in [0.2, 0.25) is 0 Å². The third-order valence-corrected chi connectivity index (χ3v) is 2.71. The van der Waals surface area contributed by atoms with Crippen molar-refractivity contribution in [3.05, 3.63) is 29.6 Å². The van der Waals surface area contributed by atoms with Crippen LogP contribution in [0.25, 0.3) is 0 Å². The number of benzene rings is 1. The van der Waals surface area contributed by atoms with Crippen molar-refractivity contribution in [1.82, 2.24) is 0 Å². The van der Waals surface area contributed by atoms with Crippen molar-refractivity contribution >= 4 is 0 Å². The standard InChI is InChI=1S/C13H20FNO/c1-5-13(3,4)16-11-8-6-7-10(14)12(11)9(2)15/h6-9H,5,15H2,1-4H3. The molecule has 0 amide bonds. The molecule has 2 N–H and O–H groups in total. The van der Waals surface area contributed by atoms with Crippen LogP contribution in [-0.4, -0.2) is 5.60 Å². The van der Waals surface area contributed by atoms with Gasteiger partial charge in [-0.1, -0.05) is 13.0 Å². The van der Waals surface area contributed by atoms with E-state index in [4.69, 9.17) is 10.5 Å². The average Bonchev–Trinajstić information content (AvgIpc) is 2.16. The van der Waals surface area contributed by atoms with Crippen molar-refractivity contribution in [2.75, 3.05) is 0 Å². The second kappa shape index (κ2) is 4.83. The molecular formula is C13H20FNO. The summed E-state index contributed by atoms with van der Waals surface area (Å²) in [6, 6.07) is 4.44. The molecule has 0 aromatic heterocycles. The molecule has 1 aromatic rings. The van der Waals surface area contributed by atoms with Gasteiger partial charge in [-0.2, -0.15) is 0 Å². The van der Waals surface area contributed by atoms with Crippen molar-refractivity contribution < 1.29 is 9.13 Å². The molecule has 1 aromatic carbocycles. The van der Waals surface area contributed by atoms with Crippen molar-refractivity contribution in [3.8, 4) is 5.75 Å². The molecule has 3 heteroatoms. The molecular weight excluding hydrogens is 205 g/mol. The summed E-state index contributed by atoms with van der Waals surface area (Å²) in [6.45, 7) is 7.74. The summed E-state index contributed by atoms with van der Waals surface area (Å²) in [5.41, 5.74) is 5.90. The van der Waals surface area contributed by atoms with Crippen LogP contribution in [0, 0.1) is 5.82 Å². The quantitative estimate of drug-likeness (QED) is 0.852. The Hall–Kier alpha value is -1.09. The van der Waals surface area contributed by atoms with E-state index in [-0.39, 0.29) is 17.5 Å². The predicted octanol–water partition coefficient (Wildman–Crippen LogP) is 3.41. The predicted molar refractivity (Wildman–Crippen MR) is 64.0 cm³/mol. The van der Waals surface area contributed by atoms with E-state index in [1.165, 1.54) is 6.07 Å². The zero-order valence-electron chi connectivity index (χ0n) is 10.4. The molecule has 0 spiro atoms. The second-order valence-corrected chi connectivity index (χ2v) is 4.66.